The number of nitro benzene ring substituents is 1. The summed E-state index contributed by atoms with van der Waals surface area (Å²) in [5.41, 5.74) is 2.86. The van der Waals surface area contributed by atoms with Crippen LogP contribution in [0, 0.1) is 10.1 Å². The van der Waals surface area contributed by atoms with Crippen molar-refractivity contribution in [1.82, 2.24) is 5.43 Å². The van der Waals surface area contributed by atoms with E-state index in [2.05, 4.69) is 10.5 Å². The van der Waals surface area contributed by atoms with Crippen molar-refractivity contribution < 1.29 is 9.72 Å². The highest BCUT2D eigenvalue weighted by atomic mass is 35.5. The quantitative estimate of drug-likeness (QED) is 0.133. The molecule has 0 saturated carbocycles. The Kier molecular flexibility index (Phi) is 8.03. The maximum absolute atomic E-state index is 11.9. The summed E-state index contributed by atoms with van der Waals surface area (Å²) in [5, 5.41) is 14.7. The van der Waals surface area contributed by atoms with Gasteiger partial charge in [-0.1, -0.05) is 58.0 Å². The number of nitrogens with one attached hydrogen (secondary N) is 1. The number of carbonyl (C=O) groups excluding carboxylic acids is 1. The number of hydrazone groups is 1. The lowest BCUT2D eigenvalue weighted by molar-refractivity contribution is -0.384. The van der Waals surface area contributed by atoms with E-state index in [1.807, 2.05) is 0 Å². The van der Waals surface area contributed by atoms with Gasteiger partial charge in [-0.15, -0.1) is 11.8 Å². The van der Waals surface area contributed by atoms with Gasteiger partial charge in [0.15, 0.2) is 0 Å². The van der Waals surface area contributed by atoms with Crippen LogP contribution in [0.15, 0.2) is 34.3 Å². The average molecular weight is 488 g/mol. The number of benzene rings is 2. The molecule has 0 radical (unpaired) electrons. The van der Waals surface area contributed by atoms with Crippen LogP contribution in [-0.4, -0.2) is 22.8 Å². The number of carbonyl (C=O) groups is 1. The number of hydrogen-bond donors (Lipinski definition) is 1. The highest BCUT2D eigenvalue weighted by molar-refractivity contribution is 8.00. The molecule has 0 aliphatic heterocycles. The highest BCUT2D eigenvalue weighted by Gasteiger charge is 2.20. The highest BCUT2D eigenvalue weighted by Crippen LogP contribution is 2.47. The minimum absolute atomic E-state index is 0.0369. The molecular weight excluding hydrogens is 480 g/mol. The largest absolute Gasteiger partial charge is 0.272 e. The van der Waals surface area contributed by atoms with Crippen molar-refractivity contribution in [2.24, 2.45) is 5.10 Å². The Bertz CT molecular complexity index is 893. The smallest absolute Gasteiger partial charge is 0.269 e. The third kappa shape index (κ3) is 5.63. The molecular formula is C15H8Cl5N3O3S. The van der Waals surface area contributed by atoms with Gasteiger partial charge in [-0.2, -0.15) is 5.10 Å². The van der Waals surface area contributed by atoms with E-state index in [0.717, 1.165) is 11.8 Å². The Morgan fingerprint density at radius 3 is 2.07 bits per heavy atom. The Balaban J connectivity index is 1.96. The van der Waals surface area contributed by atoms with Crippen molar-refractivity contribution in [3.8, 4) is 0 Å². The zero-order chi connectivity index (χ0) is 20.1. The summed E-state index contributed by atoms with van der Waals surface area (Å²) in [6.07, 6.45) is 1.35. The normalized spacial score (nSPS) is 11.0. The van der Waals surface area contributed by atoms with Crippen molar-refractivity contribution in [3.63, 3.8) is 0 Å². The molecule has 27 heavy (non-hydrogen) atoms. The molecule has 0 bridgehead atoms. The van der Waals surface area contributed by atoms with Crippen molar-refractivity contribution in [2.75, 3.05) is 5.75 Å². The van der Waals surface area contributed by atoms with Crippen LogP contribution in [0.1, 0.15) is 5.56 Å². The lowest BCUT2D eigenvalue weighted by atomic mass is 10.2. The van der Waals surface area contributed by atoms with Crippen LogP contribution in [0.4, 0.5) is 5.69 Å². The first-order chi connectivity index (χ1) is 12.7. The average Bonchev–Trinajstić information content (AvgIpc) is 2.65. The van der Waals surface area contributed by atoms with Gasteiger partial charge in [0.05, 0.1) is 42.0 Å². The Morgan fingerprint density at radius 1 is 1.04 bits per heavy atom. The number of thioether (sulfide) groups is 1. The van der Waals surface area contributed by atoms with Crippen molar-refractivity contribution in [2.45, 2.75) is 4.90 Å². The fraction of sp³-hybridized carbons (Fsp3) is 0.0667. The number of amides is 1. The first-order valence-corrected chi connectivity index (χ1v) is 9.80. The lowest BCUT2D eigenvalue weighted by Gasteiger charge is -2.11. The van der Waals surface area contributed by atoms with Gasteiger partial charge in [0.1, 0.15) is 0 Å². The van der Waals surface area contributed by atoms with E-state index in [4.69, 9.17) is 58.0 Å². The second-order valence-corrected chi connectivity index (χ2v) is 7.70. The second kappa shape index (κ2) is 9.82. The van der Waals surface area contributed by atoms with E-state index in [9.17, 15) is 14.9 Å². The molecule has 6 nitrogen and oxygen atoms in total. The van der Waals surface area contributed by atoms with Gasteiger partial charge < -0.3 is 0 Å². The van der Waals surface area contributed by atoms with E-state index < -0.39 is 10.8 Å². The molecule has 0 heterocycles. The van der Waals surface area contributed by atoms with Crippen LogP contribution < -0.4 is 5.43 Å². The number of non-ortho nitro benzene ring substituents is 1. The van der Waals surface area contributed by atoms with Gasteiger partial charge in [0, 0.05) is 17.0 Å². The van der Waals surface area contributed by atoms with E-state index >= 15 is 0 Å². The van der Waals surface area contributed by atoms with Gasteiger partial charge in [-0.3, -0.25) is 14.9 Å². The fourth-order valence-electron chi connectivity index (χ4n) is 1.74. The van der Waals surface area contributed by atoms with Crippen molar-refractivity contribution in [1.29, 1.82) is 0 Å². The third-order valence-corrected chi connectivity index (χ3v) is 6.63. The molecule has 0 fully saturated rings. The minimum Gasteiger partial charge on any atom is -0.272 e. The molecule has 142 valence electrons. The molecule has 0 spiro atoms. The van der Waals surface area contributed by atoms with E-state index in [-0.39, 0.29) is 36.6 Å². The number of nitro groups is 1. The predicted molar refractivity (Wildman–Crippen MR) is 111 cm³/mol. The number of halogens is 5. The lowest BCUT2D eigenvalue weighted by Crippen LogP contribution is -2.19. The topological polar surface area (TPSA) is 84.6 Å². The first-order valence-electron chi connectivity index (χ1n) is 6.93. The molecule has 0 aromatic heterocycles. The summed E-state index contributed by atoms with van der Waals surface area (Å²) >= 11 is 31.0. The van der Waals surface area contributed by atoms with Gasteiger partial charge >= 0.3 is 0 Å². The Morgan fingerprint density at radius 2 is 1.56 bits per heavy atom. The summed E-state index contributed by atoms with van der Waals surface area (Å²) in [4.78, 5) is 22.3. The second-order valence-electron chi connectivity index (χ2n) is 4.83. The molecule has 0 aliphatic carbocycles. The molecule has 12 heteroatoms. The van der Waals surface area contributed by atoms with Crippen LogP contribution >= 0.6 is 69.8 Å². The molecule has 2 rings (SSSR count). The summed E-state index contributed by atoms with van der Waals surface area (Å²) in [5.74, 6) is -0.502. The minimum atomic E-state index is -0.508. The van der Waals surface area contributed by atoms with E-state index in [1.54, 1.807) is 0 Å². The maximum atomic E-state index is 11.9. The van der Waals surface area contributed by atoms with Gasteiger partial charge in [-0.25, -0.2) is 5.43 Å². The zero-order valence-corrected chi connectivity index (χ0v) is 17.6. The van der Waals surface area contributed by atoms with Crippen LogP contribution in [0.2, 0.25) is 25.1 Å². The summed E-state index contributed by atoms with van der Waals surface area (Å²) in [7, 11) is 0. The van der Waals surface area contributed by atoms with Gasteiger partial charge in [0.25, 0.3) is 5.69 Å². The van der Waals surface area contributed by atoms with Crippen LogP contribution in [0.5, 0.6) is 0 Å². The zero-order valence-electron chi connectivity index (χ0n) is 13.0. The molecule has 0 saturated heterocycles. The molecule has 1 amide bonds. The van der Waals surface area contributed by atoms with Gasteiger partial charge in [0.2, 0.25) is 5.91 Å². The Labute approximate surface area is 182 Å². The van der Waals surface area contributed by atoms with Crippen molar-refractivity contribution in [3.05, 3.63) is 65.1 Å². The first kappa shape index (κ1) is 22.1. The number of hydrogen-bond acceptors (Lipinski definition) is 5. The van der Waals surface area contributed by atoms with Gasteiger partial charge in [-0.05, 0) is 17.7 Å². The summed E-state index contributed by atoms with van der Waals surface area (Å²) < 4.78 is 0. The molecule has 0 atom stereocenters. The predicted octanol–water partition coefficient (Wildman–Crippen LogP) is 6.10. The Hall–Kier alpha value is -1.22. The number of nitrogens with zero attached hydrogens (tertiary/aromatic N) is 2. The van der Waals surface area contributed by atoms with Crippen molar-refractivity contribution >= 4 is 87.6 Å². The summed E-state index contributed by atoms with van der Waals surface area (Å²) in [6, 6.07) is 5.66. The third-order valence-electron chi connectivity index (χ3n) is 3.02. The SMILES string of the molecule is O=C(CSc1c(Cl)c(Cl)c(Cl)c(Cl)c1Cl)N/N=C/c1ccc([N+](=O)[O-])cc1. The molecule has 2 aromatic rings. The fourth-order valence-corrected chi connectivity index (χ4v) is 4.12. The molecule has 1 N–H and O–H groups in total. The number of rotatable bonds is 6. The van der Waals surface area contributed by atoms with Crippen LogP contribution in [0.25, 0.3) is 0 Å². The summed E-state index contributed by atoms with van der Waals surface area (Å²) in [6.45, 7) is 0. The molecule has 0 aliphatic rings. The maximum Gasteiger partial charge on any atom is 0.269 e. The standard InChI is InChI=1S/C15H8Cl5N3O3S/c16-10-11(17)13(19)15(14(20)12(10)18)27-6-9(24)22-21-5-7-1-3-8(4-2-7)23(25)26/h1-5H,6H2,(H,22,24)/b21-5+. The van der Waals surface area contributed by atoms with Crippen LogP contribution in [0.3, 0.4) is 0 Å². The van der Waals surface area contributed by atoms with E-state index in [1.165, 1.54) is 30.5 Å². The van der Waals surface area contributed by atoms with Crippen LogP contribution in [-0.2, 0) is 4.79 Å². The molecule has 0 unspecified atom stereocenters. The monoisotopic (exact) mass is 485 g/mol. The molecule has 2 aromatic carbocycles. The van der Waals surface area contributed by atoms with E-state index in [0.29, 0.717) is 10.5 Å².